The van der Waals surface area contributed by atoms with Gasteiger partial charge in [0.2, 0.25) is 0 Å². The molecule has 2 aliphatic heterocycles. The third kappa shape index (κ3) is 7.80. The van der Waals surface area contributed by atoms with Crippen LogP contribution in [0.4, 0.5) is 51.2 Å². The first-order chi connectivity index (χ1) is 38.7. The van der Waals surface area contributed by atoms with Gasteiger partial charge in [0, 0.05) is 55.0 Å². The van der Waals surface area contributed by atoms with Gasteiger partial charge in [-0.1, -0.05) is 190 Å². The van der Waals surface area contributed by atoms with Crippen LogP contribution in [0.3, 0.4) is 0 Å². The molecule has 4 heteroatoms. The van der Waals surface area contributed by atoms with Crippen LogP contribution in [0.25, 0.3) is 11.1 Å². The zero-order valence-electron chi connectivity index (χ0n) is 53.9. The summed E-state index contributed by atoms with van der Waals surface area (Å²) in [7, 11) is 0. The summed E-state index contributed by atoms with van der Waals surface area (Å²) >= 11 is 0. The Balaban J connectivity index is 1.16. The molecule has 13 rings (SSSR count). The van der Waals surface area contributed by atoms with Gasteiger partial charge in [0.1, 0.15) is 0 Å². The number of fused-ring (bicyclic) bond motifs is 9. The topological polar surface area (TPSA) is 9.72 Å². The zero-order chi connectivity index (χ0) is 59.3. The summed E-state index contributed by atoms with van der Waals surface area (Å²) in [5.74, 6) is 0. The number of nitrogens with zero attached hydrogens (tertiary/aromatic N) is 3. The van der Waals surface area contributed by atoms with E-state index in [9.17, 15) is 4.11 Å². The van der Waals surface area contributed by atoms with E-state index >= 15 is 0 Å². The number of hydrogen-bond donors (Lipinski definition) is 0. The van der Waals surface area contributed by atoms with Crippen LogP contribution in [-0.4, -0.2) is 6.71 Å². The predicted octanol–water partition coefficient (Wildman–Crippen LogP) is 19.1. The summed E-state index contributed by atoms with van der Waals surface area (Å²) in [5.41, 5.74) is 27.0. The average molecular weight is 1050 g/mol. The molecule has 0 aromatic heterocycles. The van der Waals surface area contributed by atoms with Gasteiger partial charge < -0.3 is 14.7 Å². The highest BCUT2D eigenvalue weighted by atomic mass is 15.2. The predicted molar refractivity (Wildman–Crippen MR) is 346 cm³/mol. The van der Waals surface area contributed by atoms with Crippen molar-refractivity contribution in [3.8, 4) is 11.1 Å². The van der Waals surface area contributed by atoms with Crippen molar-refractivity contribution in [3.05, 3.63) is 201 Å². The second-order valence-electron chi connectivity index (χ2n) is 29.9. The third-order valence-electron chi connectivity index (χ3n) is 20.0. The monoisotopic (exact) mass is 1050 g/mol. The SMILES string of the molecule is [2H]C([2H])([2H])c1cc2c3c(c1)N(c1cccc4c1C(C)(C)c1ccccc1-4)c1cc(N(c4ccc(C(C)(C)C)cc4)c4ccc(C(C)(C)C)cc4)ccc1B3c1cc3c(cc1N2c1cc2c(cc1C)C(C)(C)CCC2(C)C)C(C)(C)CC3(C)C. The Bertz CT molecular complexity index is 3950. The summed E-state index contributed by atoms with van der Waals surface area (Å²) in [4.78, 5) is 7.43. The fourth-order valence-corrected chi connectivity index (χ4v) is 15.7. The van der Waals surface area contributed by atoms with Crippen LogP contribution in [0, 0.1) is 13.8 Å². The highest BCUT2D eigenvalue weighted by molar-refractivity contribution is 7.00. The Morgan fingerprint density at radius 3 is 1.54 bits per heavy atom. The maximum Gasteiger partial charge on any atom is 0.252 e. The number of hydrogen-bond acceptors (Lipinski definition) is 3. The maximum absolute atomic E-state index is 9.47. The van der Waals surface area contributed by atoms with Gasteiger partial charge in [-0.25, -0.2) is 0 Å². The summed E-state index contributed by atoms with van der Waals surface area (Å²) in [6.07, 6.45) is 3.24. The van der Waals surface area contributed by atoms with E-state index in [1.54, 1.807) is 0 Å². The molecular weight excluding hydrogens is 966 g/mol. The van der Waals surface area contributed by atoms with Crippen molar-refractivity contribution in [2.45, 2.75) is 182 Å². The molecule has 0 spiro atoms. The quantitative estimate of drug-likeness (QED) is 0.159. The molecule has 0 saturated heterocycles. The molecule has 0 amide bonds. The third-order valence-corrected chi connectivity index (χ3v) is 20.0. The second-order valence-corrected chi connectivity index (χ2v) is 29.9. The molecule has 8 aromatic carbocycles. The van der Waals surface area contributed by atoms with Crippen molar-refractivity contribution >= 4 is 74.3 Å². The minimum absolute atomic E-state index is 0.0175. The van der Waals surface area contributed by atoms with E-state index in [1.165, 1.54) is 72.1 Å². The molecule has 80 heavy (non-hydrogen) atoms. The highest BCUT2D eigenvalue weighted by Gasteiger charge is 2.50. The molecule has 0 atom stereocenters. The largest absolute Gasteiger partial charge is 0.311 e. The first-order valence-corrected chi connectivity index (χ1v) is 29.7. The molecule has 0 bridgehead atoms. The first kappa shape index (κ1) is 49.1. The van der Waals surface area contributed by atoms with Crippen molar-refractivity contribution in [1.29, 1.82) is 0 Å². The van der Waals surface area contributed by atoms with Crippen LogP contribution >= 0.6 is 0 Å². The molecule has 8 aromatic rings. The van der Waals surface area contributed by atoms with E-state index in [4.69, 9.17) is 0 Å². The Morgan fingerprint density at radius 1 is 0.450 bits per heavy atom. The van der Waals surface area contributed by atoms with Crippen molar-refractivity contribution in [2.24, 2.45) is 0 Å². The number of rotatable bonds is 5. The maximum atomic E-state index is 9.47. The van der Waals surface area contributed by atoms with Crippen LogP contribution in [0.5, 0.6) is 0 Å². The molecule has 0 unspecified atom stereocenters. The van der Waals surface area contributed by atoms with E-state index < -0.39 is 6.85 Å². The second kappa shape index (κ2) is 17.1. The van der Waals surface area contributed by atoms with Gasteiger partial charge in [-0.05, 0) is 215 Å². The van der Waals surface area contributed by atoms with Crippen LogP contribution in [0.2, 0.25) is 0 Å². The molecule has 5 aliphatic rings. The molecule has 0 fully saturated rings. The minimum Gasteiger partial charge on any atom is -0.311 e. The molecule has 0 radical (unpaired) electrons. The Labute approximate surface area is 484 Å². The van der Waals surface area contributed by atoms with E-state index in [1.807, 2.05) is 6.07 Å². The number of anilines is 9. The van der Waals surface area contributed by atoms with Gasteiger partial charge in [0.05, 0.1) is 5.69 Å². The summed E-state index contributed by atoms with van der Waals surface area (Å²) < 4.78 is 28.4. The zero-order valence-corrected chi connectivity index (χ0v) is 50.9. The lowest BCUT2D eigenvalue weighted by atomic mass is 9.33. The van der Waals surface area contributed by atoms with Crippen LogP contribution in [0.15, 0.2) is 146 Å². The lowest BCUT2D eigenvalue weighted by Gasteiger charge is -2.47. The summed E-state index contributed by atoms with van der Waals surface area (Å²) in [6.45, 7) is 37.4. The fraction of sp³-hybridized carbons (Fsp3) is 0.368. The van der Waals surface area contributed by atoms with Crippen molar-refractivity contribution in [3.63, 3.8) is 0 Å². The molecule has 0 N–H and O–H groups in total. The molecule has 0 saturated carbocycles. The lowest BCUT2D eigenvalue weighted by molar-refractivity contribution is 0.332. The van der Waals surface area contributed by atoms with Crippen LogP contribution in [-0.2, 0) is 37.9 Å². The summed E-state index contributed by atoms with van der Waals surface area (Å²) in [5, 5.41) is 0. The van der Waals surface area contributed by atoms with Crippen LogP contribution < -0.4 is 31.1 Å². The molecule has 3 nitrogen and oxygen atoms in total. The van der Waals surface area contributed by atoms with Crippen molar-refractivity contribution in [1.82, 2.24) is 0 Å². The average Bonchev–Trinajstić information content (AvgIpc) is 1.73. The van der Waals surface area contributed by atoms with E-state index in [0.717, 1.165) is 75.9 Å². The van der Waals surface area contributed by atoms with Gasteiger partial charge in [-0.2, -0.15) is 0 Å². The molecule has 3 aliphatic carbocycles. The van der Waals surface area contributed by atoms with Gasteiger partial charge in [0.25, 0.3) is 6.71 Å². The lowest BCUT2D eigenvalue weighted by Crippen LogP contribution is -2.61. The first-order valence-electron chi connectivity index (χ1n) is 31.2. The van der Waals surface area contributed by atoms with E-state index in [0.29, 0.717) is 5.56 Å². The van der Waals surface area contributed by atoms with Crippen molar-refractivity contribution < 1.29 is 4.11 Å². The van der Waals surface area contributed by atoms with Crippen molar-refractivity contribution in [2.75, 3.05) is 14.7 Å². The molecule has 406 valence electrons. The number of benzene rings is 8. The standard InChI is InChI=1S/C76H84BN3/c1-46-38-66-69-67(39-46)80(63-43-58-56(40-47(63)2)72(9,10)36-37-73(58,11)12)65-44-59-57(74(13,14)45-75(59,15)16)42-61(65)77(69)60-35-34-52(41-64(60)79(66)62-25-21-23-54-53-22-19-20-24-55(53)76(17,18)68(54)62)78(50-30-26-48(27-31-50)70(3,4)5)51-32-28-49(29-33-51)71(6,7)8/h19-35,38-44H,36-37,45H2,1-18H3/i1D3. The van der Waals surface area contributed by atoms with Gasteiger partial charge in [0.15, 0.2) is 0 Å². The smallest absolute Gasteiger partial charge is 0.252 e. The summed E-state index contributed by atoms with van der Waals surface area (Å²) in [6, 6.07) is 55.4. The number of aryl methyl sites for hydroxylation is 2. The Kier molecular flexibility index (Phi) is 10.5. The Morgan fingerprint density at radius 2 is 0.950 bits per heavy atom. The van der Waals surface area contributed by atoms with E-state index in [-0.39, 0.29) is 44.6 Å². The fourth-order valence-electron chi connectivity index (χ4n) is 15.7. The van der Waals surface area contributed by atoms with E-state index in [2.05, 4.69) is 272 Å². The normalized spacial score (nSPS) is 18.9. The van der Waals surface area contributed by atoms with Gasteiger partial charge >= 0.3 is 0 Å². The van der Waals surface area contributed by atoms with Gasteiger partial charge in [-0.15, -0.1) is 0 Å². The highest BCUT2D eigenvalue weighted by Crippen LogP contribution is 2.58. The Hall–Kier alpha value is -6.78. The van der Waals surface area contributed by atoms with Gasteiger partial charge in [-0.3, -0.25) is 0 Å². The van der Waals surface area contributed by atoms with Crippen LogP contribution in [0.1, 0.15) is 190 Å². The molecule has 2 heterocycles. The minimum atomic E-state index is -2.43. The molecular formula is C76H84BN3.